The molecule has 0 aliphatic carbocycles. The molecule has 2 heterocycles. The molecule has 0 atom stereocenters. The SMILES string of the molecule is c1cncc(-c2cc3c4ccccc4c4c5ccccc5c5ccccc5c4c3cn2)c1. The van der Waals surface area contributed by atoms with Crippen LogP contribution in [0.2, 0.25) is 0 Å². The van der Waals surface area contributed by atoms with E-state index in [0.29, 0.717) is 0 Å². The van der Waals surface area contributed by atoms with Crippen LogP contribution in [0.15, 0.2) is 110 Å². The number of hydrogen-bond acceptors (Lipinski definition) is 2. The first kappa shape index (κ1) is 17.4. The van der Waals surface area contributed by atoms with Crippen LogP contribution in [-0.4, -0.2) is 9.97 Å². The summed E-state index contributed by atoms with van der Waals surface area (Å²) in [6, 6.07) is 32.5. The summed E-state index contributed by atoms with van der Waals surface area (Å²) in [7, 11) is 0. The topological polar surface area (TPSA) is 25.8 Å². The molecule has 0 radical (unpaired) electrons. The van der Waals surface area contributed by atoms with Gasteiger partial charge in [0.1, 0.15) is 0 Å². The predicted octanol–water partition coefficient (Wildman–Crippen LogP) is 7.91. The molecule has 0 aliphatic heterocycles. The summed E-state index contributed by atoms with van der Waals surface area (Å²) >= 11 is 0. The van der Waals surface area contributed by atoms with E-state index < -0.39 is 0 Å². The molecule has 2 nitrogen and oxygen atoms in total. The third-order valence-electron chi connectivity index (χ3n) is 6.55. The van der Waals surface area contributed by atoms with Crippen molar-refractivity contribution in [2.24, 2.45) is 0 Å². The van der Waals surface area contributed by atoms with E-state index in [0.717, 1.165) is 11.3 Å². The average Bonchev–Trinajstić information content (AvgIpc) is 2.88. The quantitative estimate of drug-likeness (QED) is 0.259. The lowest BCUT2D eigenvalue weighted by Gasteiger charge is -2.16. The maximum absolute atomic E-state index is 4.88. The van der Waals surface area contributed by atoms with E-state index in [2.05, 4.69) is 89.9 Å². The van der Waals surface area contributed by atoms with Crippen molar-refractivity contribution in [3.63, 3.8) is 0 Å². The van der Waals surface area contributed by atoms with Crippen molar-refractivity contribution in [2.45, 2.75) is 0 Å². The van der Waals surface area contributed by atoms with Gasteiger partial charge >= 0.3 is 0 Å². The molecule has 148 valence electrons. The standard InChI is InChI=1S/C30H18N2/c1-4-12-23-20(9-1)21-10-2-5-13-24(21)30-27-18-32-28(19-8-7-15-31-17-19)16-26(27)22-11-3-6-14-25(22)29(23)30/h1-18H. The Labute approximate surface area is 184 Å². The van der Waals surface area contributed by atoms with Crippen molar-refractivity contribution >= 4 is 53.9 Å². The molecule has 0 amide bonds. The molecule has 5 aromatic carbocycles. The molecule has 0 aliphatic rings. The number of aromatic nitrogens is 2. The fourth-order valence-corrected chi connectivity index (χ4v) is 5.19. The molecule has 32 heavy (non-hydrogen) atoms. The van der Waals surface area contributed by atoms with Crippen LogP contribution in [-0.2, 0) is 0 Å². The zero-order chi connectivity index (χ0) is 21.1. The van der Waals surface area contributed by atoms with Gasteiger partial charge in [0, 0.05) is 34.9 Å². The Hall–Kier alpha value is -4.30. The summed E-state index contributed by atoms with van der Waals surface area (Å²) in [5, 5.41) is 12.7. The lowest BCUT2D eigenvalue weighted by atomic mass is 9.87. The minimum atomic E-state index is 0.945. The van der Waals surface area contributed by atoms with E-state index in [9.17, 15) is 0 Å². The van der Waals surface area contributed by atoms with E-state index in [4.69, 9.17) is 4.98 Å². The summed E-state index contributed by atoms with van der Waals surface area (Å²) in [5.41, 5.74) is 1.97. The number of hydrogen-bond donors (Lipinski definition) is 0. The van der Waals surface area contributed by atoms with E-state index >= 15 is 0 Å². The highest BCUT2D eigenvalue weighted by Gasteiger charge is 2.16. The first-order chi connectivity index (χ1) is 15.9. The van der Waals surface area contributed by atoms with Gasteiger partial charge in [-0.25, -0.2) is 0 Å². The van der Waals surface area contributed by atoms with E-state index in [1.54, 1.807) is 6.20 Å². The fourth-order valence-electron chi connectivity index (χ4n) is 5.19. The van der Waals surface area contributed by atoms with Crippen molar-refractivity contribution in [3.8, 4) is 11.3 Å². The molecule has 0 bridgehead atoms. The van der Waals surface area contributed by atoms with Gasteiger partial charge < -0.3 is 0 Å². The number of pyridine rings is 2. The summed E-state index contributed by atoms with van der Waals surface area (Å²) in [6.07, 6.45) is 5.72. The molecule has 0 fully saturated rings. The predicted molar refractivity (Wildman–Crippen MR) is 135 cm³/mol. The third-order valence-corrected chi connectivity index (χ3v) is 6.55. The summed E-state index contributed by atoms with van der Waals surface area (Å²) in [5.74, 6) is 0. The fraction of sp³-hybridized carbons (Fsp3) is 0. The van der Waals surface area contributed by atoms with E-state index in [1.165, 1.54) is 53.9 Å². The Bertz CT molecular complexity index is 1820. The maximum atomic E-state index is 4.88. The van der Waals surface area contributed by atoms with Crippen LogP contribution >= 0.6 is 0 Å². The minimum Gasteiger partial charge on any atom is -0.264 e. The molecule has 7 rings (SSSR count). The molecular weight excluding hydrogens is 388 g/mol. The minimum absolute atomic E-state index is 0.945. The van der Waals surface area contributed by atoms with Crippen LogP contribution in [0.25, 0.3) is 65.1 Å². The van der Waals surface area contributed by atoms with Gasteiger partial charge in [-0.1, -0.05) is 72.8 Å². The van der Waals surface area contributed by atoms with Crippen molar-refractivity contribution in [1.29, 1.82) is 0 Å². The number of nitrogens with zero attached hydrogens (tertiary/aromatic N) is 2. The van der Waals surface area contributed by atoms with Crippen LogP contribution < -0.4 is 0 Å². The van der Waals surface area contributed by atoms with Gasteiger partial charge in [-0.05, 0) is 61.3 Å². The number of rotatable bonds is 1. The number of benzene rings is 5. The third kappa shape index (κ3) is 2.35. The molecule has 2 aromatic heterocycles. The second-order valence-electron chi connectivity index (χ2n) is 8.24. The molecule has 0 spiro atoms. The van der Waals surface area contributed by atoms with Gasteiger partial charge in [0.15, 0.2) is 0 Å². The molecule has 0 unspecified atom stereocenters. The lowest BCUT2D eigenvalue weighted by Crippen LogP contribution is -1.91. The van der Waals surface area contributed by atoms with Crippen molar-refractivity contribution in [3.05, 3.63) is 110 Å². The Morgan fingerprint density at radius 1 is 0.438 bits per heavy atom. The normalized spacial score (nSPS) is 11.8. The lowest BCUT2D eigenvalue weighted by molar-refractivity contribution is 1.29. The van der Waals surface area contributed by atoms with Gasteiger partial charge in [-0.15, -0.1) is 0 Å². The van der Waals surface area contributed by atoms with E-state index in [-0.39, 0.29) is 0 Å². The highest BCUT2D eigenvalue weighted by atomic mass is 14.7. The zero-order valence-electron chi connectivity index (χ0n) is 17.3. The molecule has 2 heteroatoms. The van der Waals surface area contributed by atoms with Crippen molar-refractivity contribution < 1.29 is 0 Å². The summed E-state index contributed by atoms with van der Waals surface area (Å²) < 4.78 is 0. The van der Waals surface area contributed by atoms with Gasteiger partial charge in [0.05, 0.1) is 5.69 Å². The maximum Gasteiger partial charge on any atom is 0.0724 e. The highest BCUT2D eigenvalue weighted by molar-refractivity contribution is 6.39. The van der Waals surface area contributed by atoms with Crippen LogP contribution in [0.3, 0.4) is 0 Å². The summed E-state index contributed by atoms with van der Waals surface area (Å²) in [6.45, 7) is 0. The Kier molecular flexibility index (Phi) is 3.58. The zero-order valence-corrected chi connectivity index (χ0v) is 17.3. The van der Waals surface area contributed by atoms with Gasteiger partial charge in [-0.3, -0.25) is 9.97 Å². The average molecular weight is 406 g/mol. The van der Waals surface area contributed by atoms with Crippen LogP contribution in [0.4, 0.5) is 0 Å². The van der Waals surface area contributed by atoms with E-state index in [1.807, 2.05) is 18.5 Å². The largest absolute Gasteiger partial charge is 0.264 e. The number of fused-ring (bicyclic) bond motifs is 11. The van der Waals surface area contributed by atoms with Crippen LogP contribution in [0, 0.1) is 0 Å². The molecular formula is C30H18N2. The Balaban J connectivity index is 1.79. The second kappa shape index (κ2) is 6.60. The Morgan fingerprint density at radius 2 is 0.969 bits per heavy atom. The van der Waals surface area contributed by atoms with Crippen molar-refractivity contribution in [1.82, 2.24) is 9.97 Å². The highest BCUT2D eigenvalue weighted by Crippen LogP contribution is 2.43. The van der Waals surface area contributed by atoms with Gasteiger partial charge in [0.2, 0.25) is 0 Å². The smallest absolute Gasteiger partial charge is 0.0724 e. The monoisotopic (exact) mass is 406 g/mol. The first-order valence-electron chi connectivity index (χ1n) is 10.8. The molecule has 0 saturated heterocycles. The Morgan fingerprint density at radius 3 is 1.53 bits per heavy atom. The summed E-state index contributed by atoms with van der Waals surface area (Å²) in [4.78, 5) is 9.17. The van der Waals surface area contributed by atoms with Crippen molar-refractivity contribution in [2.75, 3.05) is 0 Å². The van der Waals surface area contributed by atoms with Crippen LogP contribution in [0.1, 0.15) is 0 Å². The second-order valence-corrected chi connectivity index (χ2v) is 8.24. The molecule has 0 N–H and O–H groups in total. The first-order valence-corrected chi connectivity index (χ1v) is 10.8. The van der Waals surface area contributed by atoms with Crippen LogP contribution in [0.5, 0.6) is 0 Å². The molecule has 7 aromatic rings. The van der Waals surface area contributed by atoms with Gasteiger partial charge in [-0.2, -0.15) is 0 Å². The van der Waals surface area contributed by atoms with Gasteiger partial charge in [0.25, 0.3) is 0 Å². The molecule has 0 saturated carbocycles.